The lowest BCUT2D eigenvalue weighted by Crippen LogP contribution is -2.39. The Labute approximate surface area is 103 Å². The van der Waals surface area contributed by atoms with E-state index in [9.17, 15) is 9.59 Å². The van der Waals surface area contributed by atoms with Gasteiger partial charge >= 0.3 is 0 Å². The summed E-state index contributed by atoms with van der Waals surface area (Å²) < 4.78 is 0. The molecule has 3 heterocycles. The minimum Gasteiger partial charge on any atom is -0.369 e. The first-order valence-electron chi connectivity index (χ1n) is 5.97. The second-order valence-electron chi connectivity index (χ2n) is 4.63. The molecule has 1 aromatic carbocycles. The van der Waals surface area contributed by atoms with E-state index in [1.54, 1.807) is 11.0 Å². The molecular weight excluding hydrogens is 230 g/mol. The number of carbonyl (C=O) groups is 2. The highest BCUT2D eigenvalue weighted by molar-refractivity contribution is 6.21. The van der Waals surface area contributed by atoms with Gasteiger partial charge in [-0.15, -0.1) is 0 Å². The van der Waals surface area contributed by atoms with Crippen LogP contribution in [0.15, 0.2) is 35.7 Å². The third-order valence-electron chi connectivity index (χ3n) is 3.67. The van der Waals surface area contributed by atoms with Crippen molar-refractivity contribution < 1.29 is 9.59 Å². The highest BCUT2D eigenvalue weighted by Gasteiger charge is 2.47. The van der Waals surface area contributed by atoms with E-state index in [0.717, 1.165) is 5.69 Å². The van der Waals surface area contributed by atoms with Crippen LogP contribution >= 0.6 is 0 Å². The summed E-state index contributed by atoms with van der Waals surface area (Å²) in [5.41, 5.74) is 1.95. The van der Waals surface area contributed by atoms with E-state index in [-0.39, 0.29) is 11.7 Å². The number of ketones is 1. The van der Waals surface area contributed by atoms with Gasteiger partial charge in [0, 0.05) is 24.3 Å². The number of benzene rings is 1. The summed E-state index contributed by atoms with van der Waals surface area (Å²) in [4.78, 5) is 26.3. The van der Waals surface area contributed by atoms with Gasteiger partial charge in [-0.2, -0.15) is 0 Å². The number of amides is 1. The van der Waals surface area contributed by atoms with Gasteiger partial charge in [0.05, 0.1) is 5.57 Å². The summed E-state index contributed by atoms with van der Waals surface area (Å²) in [6, 6.07) is 6.79. The van der Waals surface area contributed by atoms with Crippen LogP contribution < -0.4 is 10.6 Å². The summed E-state index contributed by atoms with van der Waals surface area (Å²) in [6.45, 7) is 1.35. The number of hydrogen-bond donors (Lipinski definition) is 2. The molecule has 3 aliphatic heterocycles. The molecule has 0 saturated carbocycles. The fourth-order valence-electron chi connectivity index (χ4n) is 2.85. The third-order valence-corrected chi connectivity index (χ3v) is 3.67. The van der Waals surface area contributed by atoms with Crippen LogP contribution in [0.1, 0.15) is 10.4 Å². The van der Waals surface area contributed by atoms with Crippen LogP contribution in [0.25, 0.3) is 0 Å². The molecule has 1 atom stereocenters. The number of Topliss-reactive ketones (excluding diaryl/α,β-unsaturated/α-hetero) is 1. The lowest BCUT2D eigenvalue weighted by Gasteiger charge is -2.23. The van der Waals surface area contributed by atoms with Crippen LogP contribution in [0.5, 0.6) is 0 Å². The molecule has 0 bridgehead atoms. The van der Waals surface area contributed by atoms with Crippen LogP contribution in [0.2, 0.25) is 0 Å². The minimum absolute atomic E-state index is 0.0344. The van der Waals surface area contributed by atoms with Crippen molar-refractivity contribution in [3.05, 3.63) is 41.2 Å². The molecule has 1 unspecified atom stereocenters. The van der Waals surface area contributed by atoms with Crippen LogP contribution in [-0.4, -0.2) is 35.7 Å². The van der Waals surface area contributed by atoms with Gasteiger partial charge in [0.2, 0.25) is 0 Å². The number of para-hydroxylation sites is 1. The van der Waals surface area contributed by atoms with Crippen LogP contribution in [0, 0.1) is 0 Å². The SMILES string of the molecule is O=C1C2=C3NCCN3C(=O)C2Nc2ccccc21. The van der Waals surface area contributed by atoms with Crippen molar-refractivity contribution in [1.29, 1.82) is 0 Å². The van der Waals surface area contributed by atoms with Crippen molar-refractivity contribution in [2.75, 3.05) is 18.4 Å². The fourth-order valence-corrected chi connectivity index (χ4v) is 2.85. The van der Waals surface area contributed by atoms with E-state index in [0.29, 0.717) is 30.0 Å². The minimum atomic E-state index is -0.518. The Morgan fingerprint density at radius 1 is 1.22 bits per heavy atom. The second kappa shape index (κ2) is 3.13. The zero-order chi connectivity index (χ0) is 12.3. The molecule has 3 aliphatic rings. The van der Waals surface area contributed by atoms with Crippen LogP contribution in [0.3, 0.4) is 0 Å². The van der Waals surface area contributed by atoms with Gasteiger partial charge in [-0.05, 0) is 12.1 Å². The van der Waals surface area contributed by atoms with Crippen molar-refractivity contribution >= 4 is 17.4 Å². The van der Waals surface area contributed by atoms with Gasteiger partial charge in [0.15, 0.2) is 5.78 Å². The first-order chi connectivity index (χ1) is 8.77. The summed E-state index contributed by atoms with van der Waals surface area (Å²) in [5, 5.41) is 6.29. The van der Waals surface area contributed by atoms with Crippen molar-refractivity contribution in [3.63, 3.8) is 0 Å². The van der Waals surface area contributed by atoms with Crippen molar-refractivity contribution in [2.24, 2.45) is 0 Å². The molecule has 90 valence electrons. The van der Waals surface area contributed by atoms with E-state index < -0.39 is 6.04 Å². The molecule has 1 saturated heterocycles. The Hall–Kier alpha value is -2.30. The number of nitrogens with zero attached hydrogens (tertiary/aromatic N) is 1. The zero-order valence-corrected chi connectivity index (χ0v) is 9.56. The first kappa shape index (κ1) is 9.70. The summed E-state index contributed by atoms with van der Waals surface area (Å²) in [5.74, 6) is 0.611. The van der Waals surface area contributed by atoms with Crippen molar-refractivity contribution in [2.45, 2.75) is 6.04 Å². The quantitative estimate of drug-likeness (QED) is 0.686. The molecule has 0 radical (unpaired) electrons. The molecule has 2 N–H and O–H groups in total. The van der Waals surface area contributed by atoms with E-state index >= 15 is 0 Å². The predicted octanol–water partition coefficient (Wildman–Crippen LogP) is 0.320. The standard InChI is InChI=1S/C13H11N3O2/c17-11-7-3-1-2-4-8(7)15-10-9(11)12-14-5-6-16(12)13(10)18/h1-4,10,14-15H,5-6H2. The third kappa shape index (κ3) is 1.01. The largest absolute Gasteiger partial charge is 0.369 e. The number of hydrogen-bond acceptors (Lipinski definition) is 4. The highest BCUT2D eigenvalue weighted by Crippen LogP contribution is 2.36. The lowest BCUT2D eigenvalue weighted by molar-refractivity contribution is -0.127. The van der Waals surface area contributed by atoms with Crippen molar-refractivity contribution in [3.8, 4) is 0 Å². The zero-order valence-electron chi connectivity index (χ0n) is 9.56. The topological polar surface area (TPSA) is 61.4 Å². The lowest BCUT2D eigenvalue weighted by atomic mass is 9.92. The molecule has 1 fully saturated rings. The second-order valence-corrected chi connectivity index (χ2v) is 4.63. The molecule has 0 aromatic heterocycles. The number of nitrogens with one attached hydrogen (secondary N) is 2. The fraction of sp³-hybridized carbons (Fsp3) is 0.231. The number of fused-ring (bicyclic) bond motifs is 3. The molecule has 1 amide bonds. The first-order valence-corrected chi connectivity index (χ1v) is 5.97. The summed E-state index contributed by atoms with van der Waals surface area (Å²) in [7, 11) is 0. The summed E-state index contributed by atoms with van der Waals surface area (Å²) in [6.07, 6.45) is 0. The molecule has 5 heteroatoms. The number of anilines is 1. The van der Waals surface area contributed by atoms with Gasteiger partial charge in [-0.25, -0.2) is 0 Å². The maximum absolute atomic E-state index is 12.5. The van der Waals surface area contributed by atoms with Crippen LogP contribution in [-0.2, 0) is 4.79 Å². The maximum Gasteiger partial charge on any atom is 0.255 e. The van der Waals surface area contributed by atoms with Crippen LogP contribution in [0.4, 0.5) is 5.69 Å². The van der Waals surface area contributed by atoms with E-state index in [1.807, 2.05) is 18.2 Å². The molecule has 1 aromatic rings. The van der Waals surface area contributed by atoms with E-state index in [4.69, 9.17) is 0 Å². The molecule has 4 rings (SSSR count). The van der Waals surface area contributed by atoms with Gasteiger partial charge in [0.1, 0.15) is 11.9 Å². The molecule has 18 heavy (non-hydrogen) atoms. The highest BCUT2D eigenvalue weighted by atomic mass is 16.2. The average molecular weight is 241 g/mol. The number of carbonyl (C=O) groups excluding carboxylic acids is 2. The van der Waals surface area contributed by atoms with Crippen molar-refractivity contribution in [1.82, 2.24) is 10.2 Å². The Balaban J connectivity index is 1.93. The predicted molar refractivity (Wildman–Crippen MR) is 64.9 cm³/mol. The number of rotatable bonds is 0. The Morgan fingerprint density at radius 2 is 2.06 bits per heavy atom. The smallest absolute Gasteiger partial charge is 0.255 e. The van der Waals surface area contributed by atoms with Gasteiger partial charge in [-0.1, -0.05) is 12.1 Å². The van der Waals surface area contributed by atoms with Gasteiger partial charge in [-0.3, -0.25) is 14.5 Å². The molecular formula is C13H11N3O2. The molecule has 5 nitrogen and oxygen atoms in total. The molecule has 0 spiro atoms. The van der Waals surface area contributed by atoms with E-state index in [2.05, 4.69) is 10.6 Å². The maximum atomic E-state index is 12.5. The van der Waals surface area contributed by atoms with E-state index in [1.165, 1.54) is 0 Å². The van der Waals surface area contributed by atoms with Gasteiger partial charge in [0.25, 0.3) is 5.91 Å². The average Bonchev–Trinajstić information content (AvgIpc) is 2.94. The summed E-state index contributed by atoms with van der Waals surface area (Å²) >= 11 is 0. The Morgan fingerprint density at radius 3 is 2.94 bits per heavy atom. The normalized spacial score (nSPS) is 24.4. The van der Waals surface area contributed by atoms with Gasteiger partial charge < -0.3 is 10.6 Å². The molecule has 0 aliphatic carbocycles. The monoisotopic (exact) mass is 241 g/mol. The Kier molecular flexibility index (Phi) is 1.69. The Bertz CT molecular complexity index is 620.